The van der Waals surface area contributed by atoms with Crippen molar-refractivity contribution in [2.45, 2.75) is 49.9 Å². The predicted molar refractivity (Wildman–Crippen MR) is 98.5 cm³/mol. The topological polar surface area (TPSA) is 122 Å². The molecule has 2 N–H and O–H groups in total. The Morgan fingerprint density at radius 3 is 2.48 bits per heavy atom. The van der Waals surface area contributed by atoms with E-state index in [9.17, 15) is 28.0 Å². The van der Waals surface area contributed by atoms with Gasteiger partial charge in [-0.15, -0.1) is 0 Å². The summed E-state index contributed by atoms with van der Waals surface area (Å²) >= 11 is 0. The van der Waals surface area contributed by atoms with Crippen LogP contribution in [0, 0.1) is 0 Å². The number of nitrogens with zero attached hydrogens (tertiary/aromatic N) is 1. The summed E-state index contributed by atoms with van der Waals surface area (Å²) in [6, 6.07) is 3.32. The summed E-state index contributed by atoms with van der Waals surface area (Å²) in [6.07, 6.45) is 0.125. The molecule has 0 aromatic heterocycles. The molecule has 0 bridgehead atoms. The first kappa shape index (κ1) is 21.3. The SMILES string of the molecule is O=C1CCC(N2C(=O)c3ccc(O[C@H]4C[C@H](OCC(F)(F)CO)C4)cc3C2=O)C(=O)N1. The van der Waals surface area contributed by atoms with Gasteiger partial charge in [0.15, 0.2) is 0 Å². The third-order valence-corrected chi connectivity index (χ3v) is 5.53. The number of amides is 4. The molecule has 2 fully saturated rings. The van der Waals surface area contributed by atoms with Crippen LogP contribution in [0.2, 0.25) is 0 Å². The number of alkyl halides is 2. The maximum absolute atomic E-state index is 13.0. The molecule has 9 nitrogen and oxygen atoms in total. The first-order chi connectivity index (χ1) is 14.7. The standard InChI is InChI=1S/C20H20F2N2O7/c21-20(22,8-25)9-30-11-5-12(6-11)31-10-1-2-13-14(7-10)19(29)24(18(13)28)15-3-4-16(26)23-17(15)27/h1-2,7,11-12,15,25H,3-6,8-9H2,(H,23,26,27)/t11-,12-,15?. The summed E-state index contributed by atoms with van der Waals surface area (Å²) in [6.45, 7) is -2.15. The van der Waals surface area contributed by atoms with Gasteiger partial charge >= 0.3 is 0 Å². The lowest BCUT2D eigenvalue weighted by atomic mass is 9.92. The van der Waals surface area contributed by atoms with Crippen molar-refractivity contribution in [2.75, 3.05) is 13.2 Å². The Morgan fingerprint density at radius 1 is 1.10 bits per heavy atom. The maximum atomic E-state index is 13.0. The highest BCUT2D eigenvalue weighted by atomic mass is 19.3. The van der Waals surface area contributed by atoms with E-state index in [1.54, 1.807) is 0 Å². The van der Waals surface area contributed by atoms with E-state index >= 15 is 0 Å². The van der Waals surface area contributed by atoms with E-state index in [2.05, 4.69) is 5.32 Å². The molecule has 31 heavy (non-hydrogen) atoms. The maximum Gasteiger partial charge on any atom is 0.293 e. The molecule has 166 valence electrons. The third kappa shape index (κ3) is 4.15. The second-order valence-corrected chi connectivity index (χ2v) is 7.81. The van der Waals surface area contributed by atoms with Crippen LogP contribution in [-0.4, -0.2) is 71.0 Å². The van der Waals surface area contributed by atoms with Gasteiger partial charge in [-0.2, -0.15) is 0 Å². The molecular weight excluding hydrogens is 418 g/mol. The average Bonchev–Trinajstić information content (AvgIpc) is 2.94. The van der Waals surface area contributed by atoms with Crippen molar-refractivity contribution in [3.8, 4) is 5.75 Å². The lowest BCUT2D eigenvalue weighted by Gasteiger charge is -2.35. The van der Waals surface area contributed by atoms with Crippen molar-refractivity contribution in [3.05, 3.63) is 29.3 Å². The fourth-order valence-corrected chi connectivity index (χ4v) is 3.75. The Bertz CT molecular complexity index is 945. The van der Waals surface area contributed by atoms with Crippen molar-refractivity contribution >= 4 is 23.6 Å². The first-order valence-corrected chi connectivity index (χ1v) is 9.81. The molecule has 4 rings (SSSR count). The van der Waals surface area contributed by atoms with Gasteiger partial charge in [-0.3, -0.25) is 29.4 Å². The van der Waals surface area contributed by atoms with E-state index in [4.69, 9.17) is 14.6 Å². The predicted octanol–water partition coefficient (Wildman–Crippen LogP) is 0.642. The number of hydrogen-bond acceptors (Lipinski definition) is 7. The minimum atomic E-state index is -3.28. The zero-order valence-corrected chi connectivity index (χ0v) is 16.3. The number of carbonyl (C=O) groups excluding carboxylic acids is 4. The van der Waals surface area contributed by atoms with Crippen LogP contribution >= 0.6 is 0 Å². The fraction of sp³-hybridized carbons (Fsp3) is 0.500. The van der Waals surface area contributed by atoms with Gasteiger partial charge in [-0.05, 0) is 24.6 Å². The minimum absolute atomic E-state index is 0.0350. The average molecular weight is 438 g/mol. The zero-order chi connectivity index (χ0) is 22.3. The highest BCUT2D eigenvalue weighted by molar-refractivity contribution is 6.23. The van der Waals surface area contributed by atoms with Crippen molar-refractivity contribution in [1.82, 2.24) is 10.2 Å². The van der Waals surface area contributed by atoms with Crippen molar-refractivity contribution in [1.29, 1.82) is 0 Å². The molecule has 2 heterocycles. The lowest BCUT2D eigenvalue weighted by Crippen LogP contribution is -2.54. The van der Waals surface area contributed by atoms with E-state index in [0.717, 1.165) is 4.90 Å². The summed E-state index contributed by atoms with van der Waals surface area (Å²) < 4.78 is 36.8. The first-order valence-electron chi connectivity index (χ1n) is 9.81. The summed E-state index contributed by atoms with van der Waals surface area (Å²) in [5.74, 6) is -5.34. The largest absolute Gasteiger partial charge is 0.490 e. The molecule has 2 aliphatic heterocycles. The van der Waals surface area contributed by atoms with Crippen LogP contribution in [0.1, 0.15) is 46.4 Å². The smallest absolute Gasteiger partial charge is 0.293 e. The number of halogens is 2. The van der Waals surface area contributed by atoms with E-state index in [0.29, 0.717) is 18.6 Å². The second-order valence-electron chi connectivity index (χ2n) is 7.81. The molecule has 11 heteroatoms. The van der Waals surface area contributed by atoms with Gasteiger partial charge in [0.2, 0.25) is 11.8 Å². The van der Waals surface area contributed by atoms with Crippen LogP contribution in [0.25, 0.3) is 0 Å². The zero-order valence-electron chi connectivity index (χ0n) is 16.3. The van der Waals surface area contributed by atoms with Gasteiger partial charge in [-0.1, -0.05) is 0 Å². The number of fused-ring (bicyclic) bond motifs is 1. The fourth-order valence-electron chi connectivity index (χ4n) is 3.75. The summed E-state index contributed by atoms with van der Waals surface area (Å²) in [7, 11) is 0. The highest BCUT2D eigenvalue weighted by Gasteiger charge is 2.45. The van der Waals surface area contributed by atoms with Gasteiger partial charge in [0.05, 0.1) is 17.2 Å². The van der Waals surface area contributed by atoms with Crippen LogP contribution in [-0.2, 0) is 14.3 Å². The molecule has 1 aliphatic carbocycles. The van der Waals surface area contributed by atoms with E-state index < -0.39 is 54.9 Å². The molecule has 0 radical (unpaired) electrons. The number of nitrogens with one attached hydrogen (secondary N) is 1. The quantitative estimate of drug-likeness (QED) is 0.599. The Morgan fingerprint density at radius 2 is 1.81 bits per heavy atom. The van der Waals surface area contributed by atoms with Crippen molar-refractivity contribution < 1.29 is 42.5 Å². The van der Waals surface area contributed by atoms with E-state index in [1.807, 2.05) is 0 Å². The number of imide groups is 2. The van der Waals surface area contributed by atoms with Crippen molar-refractivity contribution in [2.24, 2.45) is 0 Å². The number of aliphatic hydroxyl groups excluding tert-OH is 1. The number of carbonyl (C=O) groups is 4. The Balaban J connectivity index is 1.37. The summed E-state index contributed by atoms with van der Waals surface area (Å²) in [5, 5.41) is 10.7. The van der Waals surface area contributed by atoms with Gasteiger partial charge in [0.25, 0.3) is 17.7 Å². The number of piperidine rings is 1. The molecule has 1 atom stereocenters. The van der Waals surface area contributed by atoms with Gasteiger partial charge < -0.3 is 14.6 Å². The molecule has 1 aromatic rings. The molecular formula is C20H20F2N2O7. The van der Waals surface area contributed by atoms with Gasteiger partial charge in [-0.25, -0.2) is 8.78 Å². The van der Waals surface area contributed by atoms with Gasteiger partial charge in [0.1, 0.15) is 31.1 Å². The van der Waals surface area contributed by atoms with E-state index in [1.165, 1.54) is 18.2 Å². The normalized spacial score (nSPS) is 25.9. The molecule has 1 saturated carbocycles. The van der Waals surface area contributed by atoms with Crippen LogP contribution < -0.4 is 10.1 Å². The molecule has 1 unspecified atom stereocenters. The highest BCUT2D eigenvalue weighted by Crippen LogP contribution is 2.33. The van der Waals surface area contributed by atoms with Crippen LogP contribution in [0.4, 0.5) is 8.78 Å². The van der Waals surface area contributed by atoms with E-state index in [-0.39, 0.29) is 30.1 Å². The molecule has 1 aromatic carbocycles. The summed E-state index contributed by atoms with van der Waals surface area (Å²) in [4.78, 5) is 49.7. The number of aliphatic hydroxyl groups is 1. The minimum Gasteiger partial charge on any atom is -0.490 e. The molecule has 3 aliphatic rings. The third-order valence-electron chi connectivity index (χ3n) is 5.53. The molecule has 0 spiro atoms. The number of benzene rings is 1. The monoisotopic (exact) mass is 438 g/mol. The summed E-state index contributed by atoms with van der Waals surface area (Å²) in [5.41, 5.74) is 0.241. The second kappa shape index (κ2) is 7.97. The number of rotatable bonds is 7. The van der Waals surface area contributed by atoms with Crippen LogP contribution in [0.15, 0.2) is 18.2 Å². The van der Waals surface area contributed by atoms with Gasteiger partial charge in [0, 0.05) is 19.3 Å². The Hall–Kier alpha value is -2.92. The number of ether oxygens (including phenoxy) is 2. The van der Waals surface area contributed by atoms with Crippen LogP contribution in [0.5, 0.6) is 5.75 Å². The van der Waals surface area contributed by atoms with Crippen molar-refractivity contribution in [3.63, 3.8) is 0 Å². The Labute approximate surface area is 175 Å². The number of hydrogen-bond donors (Lipinski definition) is 2. The Kier molecular flexibility index (Phi) is 5.48. The lowest BCUT2D eigenvalue weighted by molar-refractivity contribution is -0.150. The molecule has 1 saturated heterocycles. The van der Waals surface area contributed by atoms with Crippen LogP contribution in [0.3, 0.4) is 0 Å². The molecule has 4 amide bonds.